The molecule has 0 amide bonds. The van der Waals surface area contributed by atoms with Gasteiger partial charge in [0, 0.05) is 0 Å². The van der Waals surface area contributed by atoms with Gasteiger partial charge in [-0.3, -0.25) is 0 Å². The zero-order valence-corrected chi connectivity index (χ0v) is 4.29. The first-order chi connectivity index (χ1) is 3.83. The topological polar surface area (TPSA) is 26.0 Å². The zero-order valence-electron chi connectivity index (χ0n) is 4.29. The predicted molar refractivity (Wildman–Crippen MR) is 31.3 cm³/mol. The van der Waals surface area contributed by atoms with Crippen LogP contribution < -0.4 is 5.66 Å². The van der Waals surface area contributed by atoms with Crippen LogP contribution in [0.1, 0.15) is 5.69 Å². The Morgan fingerprint density at radius 1 is 1.75 bits per heavy atom. The Balaban J connectivity index is 2.84. The number of hydrogen-bond acceptors (Lipinski definition) is 2. The molecule has 0 unspecified atom stereocenters. The molecule has 0 atom stereocenters. The molecule has 2 nitrogen and oxygen atoms in total. The highest BCUT2D eigenvalue weighted by Gasteiger charge is 1.92. The molecular formula is C4H3B2NO. The molecule has 0 N–H and O–H groups in total. The molecule has 0 aromatic carbocycles. The van der Waals surface area contributed by atoms with Crippen molar-refractivity contribution in [1.29, 1.82) is 0 Å². The molecule has 0 fully saturated rings. The van der Waals surface area contributed by atoms with Crippen molar-refractivity contribution in [2.75, 3.05) is 0 Å². The minimum atomic E-state index is 0.311. The molecule has 1 rings (SSSR count). The van der Waals surface area contributed by atoms with E-state index in [-0.39, 0.29) is 0 Å². The standard InChI is InChI=1S/C4H3B2NO/c5-2-3-1-4(6)8-7-3/h1H,2H2. The maximum atomic E-state index is 5.19. The third-order valence-corrected chi connectivity index (χ3v) is 0.786. The van der Waals surface area contributed by atoms with Crippen molar-refractivity contribution >= 4 is 21.4 Å². The van der Waals surface area contributed by atoms with Crippen LogP contribution in [0, 0.1) is 0 Å². The molecule has 4 heteroatoms. The Hall–Kier alpha value is -0.660. The van der Waals surface area contributed by atoms with Gasteiger partial charge in [-0.1, -0.05) is 5.16 Å². The largest absolute Gasteiger partial charge is 0.373 e. The average molecular weight is 103 g/mol. The van der Waals surface area contributed by atoms with Crippen molar-refractivity contribution in [2.45, 2.75) is 6.32 Å². The number of nitrogens with zero attached hydrogens (tertiary/aromatic N) is 1. The van der Waals surface area contributed by atoms with Crippen molar-refractivity contribution in [1.82, 2.24) is 5.16 Å². The first-order valence-corrected chi connectivity index (χ1v) is 2.24. The summed E-state index contributed by atoms with van der Waals surface area (Å²) in [6.45, 7) is 0. The van der Waals surface area contributed by atoms with Crippen LogP contribution in [0.3, 0.4) is 0 Å². The van der Waals surface area contributed by atoms with Gasteiger partial charge in [-0.15, -0.1) is 0 Å². The average Bonchev–Trinajstić information content (AvgIpc) is 2.14. The molecular weight excluding hydrogens is 99.7 g/mol. The van der Waals surface area contributed by atoms with Crippen molar-refractivity contribution in [2.24, 2.45) is 0 Å². The third kappa shape index (κ3) is 0.941. The second-order valence-corrected chi connectivity index (χ2v) is 1.42. The van der Waals surface area contributed by atoms with Crippen LogP contribution in [-0.4, -0.2) is 20.8 Å². The van der Waals surface area contributed by atoms with Crippen LogP contribution in [0.4, 0.5) is 0 Å². The van der Waals surface area contributed by atoms with Gasteiger partial charge < -0.3 is 4.52 Å². The lowest BCUT2D eigenvalue weighted by molar-refractivity contribution is 0.439. The summed E-state index contributed by atoms with van der Waals surface area (Å²) in [5, 5.41) is 3.51. The fourth-order valence-corrected chi connectivity index (χ4v) is 0.424. The van der Waals surface area contributed by atoms with E-state index < -0.39 is 0 Å². The summed E-state index contributed by atoms with van der Waals surface area (Å²) < 4.78 is 4.50. The Morgan fingerprint density at radius 2 is 2.50 bits per heavy atom. The summed E-state index contributed by atoms with van der Waals surface area (Å²) in [5.74, 6) is 0. The van der Waals surface area contributed by atoms with Crippen LogP contribution in [0.25, 0.3) is 0 Å². The van der Waals surface area contributed by atoms with Gasteiger partial charge in [-0.05, 0) is 12.4 Å². The molecule has 0 bridgehead atoms. The highest BCUT2D eigenvalue weighted by atomic mass is 16.5. The van der Waals surface area contributed by atoms with Crippen molar-refractivity contribution in [3.05, 3.63) is 11.8 Å². The zero-order chi connectivity index (χ0) is 5.98. The fourth-order valence-electron chi connectivity index (χ4n) is 0.424. The van der Waals surface area contributed by atoms with Crippen LogP contribution in [0.5, 0.6) is 0 Å². The van der Waals surface area contributed by atoms with E-state index in [9.17, 15) is 0 Å². The first kappa shape index (κ1) is 5.48. The minimum Gasteiger partial charge on any atom is -0.373 e. The number of hydrogen-bond donors (Lipinski definition) is 0. The predicted octanol–water partition coefficient (Wildman–Crippen LogP) is -0.863. The van der Waals surface area contributed by atoms with Gasteiger partial charge in [0.2, 0.25) is 0 Å². The van der Waals surface area contributed by atoms with Gasteiger partial charge in [0.25, 0.3) is 0 Å². The van der Waals surface area contributed by atoms with E-state index in [0.29, 0.717) is 17.7 Å². The molecule has 0 spiro atoms. The minimum absolute atomic E-state index is 0.311. The third-order valence-electron chi connectivity index (χ3n) is 0.786. The molecule has 0 aliphatic carbocycles. The van der Waals surface area contributed by atoms with E-state index in [1.165, 1.54) is 0 Å². The van der Waals surface area contributed by atoms with E-state index >= 15 is 0 Å². The first-order valence-electron chi connectivity index (χ1n) is 2.24. The summed E-state index contributed by atoms with van der Waals surface area (Å²) in [6.07, 6.45) is 0.376. The molecule has 4 radical (unpaired) electrons. The van der Waals surface area contributed by atoms with Gasteiger partial charge >= 0.3 is 0 Å². The molecule has 8 heavy (non-hydrogen) atoms. The van der Waals surface area contributed by atoms with Gasteiger partial charge in [0.1, 0.15) is 0 Å². The lowest BCUT2D eigenvalue weighted by atomic mass is 9.99. The highest BCUT2D eigenvalue weighted by molar-refractivity contribution is 6.29. The molecule has 36 valence electrons. The lowest BCUT2D eigenvalue weighted by Gasteiger charge is -1.75. The molecule has 0 aliphatic rings. The molecule has 0 saturated heterocycles. The van der Waals surface area contributed by atoms with Gasteiger partial charge in [0.05, 0.1) is 19.2 Å². The Labute approximate surface area is 50.1 Å². The Bertz CT molecular complexity index is 174. The molecule has 0 aliphatic heterocycles. The van der Waals surface area contributed by atoms with Crippen LogP contribution in [0.15, 0.2) is 10.6 Å². The molecule has 1 aromatic heterocycles. The second-order valence-electron chi connectivity index (χ2n) is 1.42. The highest BCUT2D eigenvalue weighted by Crippen LogP contribution is 1.87. The summed E-state index contributed by atoms with van der Waals surface area (Å²) in [4.78, 5) is 0. The van der Waals surface area contributed by atoms with Crippen molar-refractivity contribution < 1.29 is 4.52 Å². The van der Waals surface area contributed by atoms with E-state index in [4.69, 9.17) is 15.7 Å². The fraction of sp³-hybridized carbons (Fsp3) is 0.250. The smallest absolute Gasteiger partial charge is 0.171 e. The van der Waals surface area contributed by atoms with E-state index in [2.05, 4.69) is 9.68 Å². The number of aromatic nitrogens is 1. The van der Waals surface area contributed by atoms with Crippen LogP contribution in [-0.2, 0) is 6.32 Å². The summed E-state index contributed by atoms with van der Waals surface area (Å²) in [6, 6.07) is 1.60. The van der Waals surface area contributed by atoms with Crippen molar-refractivity contribution in [3.8, 4) is 0 Å². The maximum Gasteiger partial charge on any atom is 0.171 e. The molecule has 0 saturated carbocycles. The normalized spacial score (nSPS) is 9.50. The maximum absolute atomic E-state index is 5.19. The second kappa shape index (κ2) is 2.07. The SMILES string of the molecule is [B]Cc1cc([B])on1. The Morgan fingerprint density at radius 3 is 2.75 bits per heavy atom. The van der Waals surface area contributed by atoms with Gasteiger partial charge in [0.15, 0.2) is 7.85 Å². The molecule has 1 aromatic rings. The van der Waals surface area contributed by atoms with Gasteiger partial charge in [-0.2, -0.15) is 0 Å². The van der Waals surface area contributed by atoms with Crippen LogP contribution in [0.2, 0.25) is 0 Å². The van der Waals surface area contributed by atoms with E-state index in [1.807, 2.05) is 0 Å². The summed E-state index contributed by atoms with van der Waals surface area (Å²) in [5.41, 5.74) is 0.993. The van der Waals surface area contributed by atoms with Crippen LogP contribution >= 0.6 is 0 Å². The monoisotopic (exact) mass is 103 g/mol. The summed E-state index contributed by atoms with van der Waals surface area (Å²) >= 11 is 0. The summed E-state index contributed by atoms with van der Waals surface area (Å²) in [7, 11) is 10.4. The molecule has 1 heterocycles. The number of rotatable bonds is 1. The van der Waals surface area contributed by atoms with Crippen molar-refractivity contribution in [3.63, 3.8) is 0 Å². The van der Waals surface area contributed by atoms with Gasteiger partial charge in [-0.25, -0.2) is 0 Å². The van der Waals surface area contributed by atoms with E-state index in [0.717, 1.165) is 0 Å². The Kier molecular flexibility index (Phi) is 1.42. The van der Waals surface area contributed by atoms with E-state index in [1.54, 1.807) is 6.07 Å². The lowest BCUT2D eigenvalue weighted by Crippen LogP contribution is -1.93. The quantitative estimate of drug-likeness (QED) is 0.432.